The van der Waals surface area contributed by atoms with E-state index in [2.05, 4.69) is 10.3 Å². The highest BCUT2D eigenvalue weighted by molar-refractivity contribution is 5.68. The van der Waals surface area contributed by atoms with Crippen molar-refractivity contribution in [1.29, 1.82) is 0 Å². The molecule has 0 bridgehead atoms. The minimum atomic E-state index is -0.452. The molecule has 1 N–H and O–H groups in total. The second kappa shape index (κ2) is 9.45. The first-order valence-electron chi connectivity index (χ1n) is 10.4. The Morgan fingerprint density at radius 3 is 3.00 bits per heavy atom. The summed E-state index contributed by atoms with van der Waals surface area (Å²) in [7, 11) is 0. The first-order valence-corrected chi connectivity index (χ1v) is 10.4. The summed E-state index contributed by atoms with van der Waals surface area (Å²) in [6.45, 7) is 9.25. The predicted octanol–water partition coefficient (Wildman–Crippen LogP) is 3.62. The molecule has 3 heterocycles. The van der Waals surface area contributed by atoms with E-state index in [4.69, 9.17) is 14.2 Å². The maximum absolute atomic E-state index is 12.1. The molecule has 0 spiro atoms. The van der Waals surface area contributed by atoms with Crippen LogP contribution in [0.1, 0.15) is 52.1 Å². The van der Waals surface area contributed by atoms with Gasteiger partial charge in [0.25, 0.3) is 0 Å². The Balaban J connectivity index is 1.27. The number of pyridine rings is 1. The van der Waals surface area contributed by atoms with Gasteiger partial charge in [0.2, 0.25) is 0 Å². The zero-order valence-corrected chi connectivity index (χ0v) is 17.3. The van der Waals surface area contributed by atoms with Crippen molar-refractivity contribution in [2.75, 3.05) is 38.2 Å². The SMILES string of the molecule is CC(C)(C)OC(=O)N1CC[C@@H](OCCCCCc2ccc3c(n2)NCCO3)C1. The lowest BCUT2D eigenvalue weighted by Crippen LogP contribution is -2.36. The largest absolute Gasteiger partial charge is 0.488 e. The van der Waals surface area contributed by atoms with E-state index >= 15 is 0 Å². The molecular weight excluding hydrogens is 358 g/mol. The van der Waals surface area contributed by atoms with E-state index < -0.39 is 5.60 Å². The van der Waals surface area contributed by atoms with Gasteiger partial charge in [-0.25, -0.2) is 9.78 Å². The summed E-state index contributed by atoms with van der Waals surface area (Å²) in [6.07, 6.45) is 4.94. The number of amides is 1. The van der Waals surface area contributed by atoms with Crippen molar-refractivity contribution in [3.63, 3.8) is 0 Å². The van der Waals surface area contributed by atoms with E-state index in [1.54, 1.807) is 4.90 Å². The third kappa shape index (κ3) is 6.26. The first-order chi connectivity index (χ1) is 13.4. The molecule has 3 rings (SSSR count). The highest BCUT2D eigenvalue weighted by Crippen LogP contribution is 2.25. The molecular formula is C21H33N3O4. The smallest absolute Gasteiger partial charge is 0.410 e. The Kier molecular flexibility index (Phi) is 6.99. The number of nitrogens with zero attached hydrogens (tertiary/aromatic N) is 2. The molecule has 0 aliphatic carbocycles. The number of carbonyl (C=O) groups excluding carboxylic acids is 1. The van der Waals surface area contributed by atoms with Crippen molar-refractivity contribution >= 4 is 11.9 Å². The molecule has 156 valence electrons. The van der Waals surface area contributed by atoms with Crippen molar-refractivity contribution in [1.82, 2.24) is 9.88 Å². The molecule has 1 atom stereocenters. The number of hydrogen-bond donors (Lipinski definition) is 1. The van der Waals surface area contributed by atoms with Crippen LogP contribution in [0.2, 0.25) is 0 Å². The number of hydrogen-bond acceptors (Lipinski definition) is 6. The van der Waals surface area contributed by atoms with Crippen LogP contribution in [-0.2, 0) is 15.9 Å². The summed E-state index contributed by atoms with van der Waals surface area (Å²) in [4.78, 5) is 18.4. The molecule has 1 saturated heterocycles. The van der Waals surface area contributed by atoms with Crippen LogP contribution < -0.4 is 10.1 Å². The summed E-state index contributed by atoms with van der Waals surface area (Å²) in [5, 5.41) is 3.28. The van der Waals surface area contributed by atoms with E-state index in [0.29, 0.717) is 19.7 Å². The van der Waals surface area contributed by atoms with Crippen molar-refractivity contribution in [2.45, 2.75) is 64.6 Å². The second-order valence-corrected chi connectivity index (χ2v) is 8.44. The van der Waals surface area contributed by atoms with Gasteiger partial charge in [-0.2, -0.15) is 0 Å². The average molecular weight is 392 g/mol. The molecule has 28 heavy (non-hydrogen) atoms. The summed E-state index contributed by atoms with van der Waals surface area (Å²) >= 11 is 0. The van der Waals surface area contributed by atoms with Gasteiger partial charge in [-0.3, -0.25) is 0 Å². The minimum Gasteiger partial charge on any atom is -0.488 e. The van der Waals surface area contributed by atoms with Crippen LogP contribution in [-0.4, -0.2) is 60.5 Å². The number of fused-ring (bicyclic) bond motifs is 1. The van der Waals surface area contributed by atoms with Gasteiger partial charge >= 0.3 is 6.09 Å². The summed E-state index contributed by atoms with van der Waals surface area (Å²) < 4.78 is 16.9. The van der Waals surface area contributed by atoms with Gasteiger partial charge in [0.15, 0.2) is 11.6 Å². The summed E-state index contributed by atoms with van der Waals surface area (Å²) in [6, 6.07) is 4.05. The number of aryl methyl sites for hydroxylation is 1. The highest BCUT2D eigenvalue weighted by atomic mass is 16.6. The van der Waals surface area contributed by atoms with Crippen LogP contribution in [0.3, 0.4) is 0 Å². The zero-order valence-electron chi connectivity index (χ0n) is 17.3. The lowest BCUT2D eigenvalue weighted by molar-refractivity contribution is 0.0206. The van der Waals surface area contributed by atoms with Gasteiger partial charge in [-0.15, -0.1) is 0 Å². The minimum absolute atomic E-state index is 0.126. The Morgan fingerprint density at radius 2 is 2.18 bits per heavy atom. The maximum atomic E-state index is 12.1. The van der Waals surface area contributed by atoms with Crippen molar-refractivity contribution in [3.8, 4) is 5.75 Å². The molecule has 7 heteroatoms. The topological polar surface area (TPSA) is 72.9 Å². The molecule has 7 nitrogen and oxygen atoms in total. The highest BCUT2D eigenvalue weighted by Gasteiger charge is 2.30. The maximum Gasteiger partial charge on any atom is 0.410 e. The van der Waals surface area contributed by atoms with Crippen LogP contribution in [0.15, 0.2) is 12.1 Å². The average Bonchev–Trinajstić information content (AvgIpc) is 3.12. The van der Waals surface area contributed by atoms with Gasteiger partial charge in [-0.1, -0.05) is 6.42 Å². The molecule has 0 unspecified atom stereocenters. The number of nitrogens with one attached hydrogen (secondary N) is 1. The summed E-state index contributed by atoms with van der Waals surface area (Å²) in [5.74, 6) is 1.71. The number of likely N-dealkylation sites (tertiary alicyclic amines) is 1. The standard InChI is InChI=1S/C21H33N3O4/c1-21(2,3)28-20(25)24-12-10-17(15-24)26-13-6-4-5-7-16-8-9-18-19(23-16)22-11-14-27-18/h8-9,17H,4-7,10-15H2,1-3H3,(H,22,23)/t17-/m1/s1. The Labute approximate surface area is 167 Å². The van der Waals surface area contributed by atoms with Gasteiger partial charge in [0.05, 0.1) is 19.2 Å². The predicted molar refractivity (Wildman–Crippen MR) is 108 cm³/mol. The van der Waals surface area contributed by atoms with E-state index in [1.165, 1.54) is 0 Å². The molecule has 1 fully saturated rings. The van der Waals surface area contributed by atoms with E-state index in [1.807, 2.05) is 32.9 Å². The molecule has 1 amide bonds. The first kappa shape index (κ1) is 20.7. The Morgan fingerprint density at radius 1 is 1.32 bits per heavy atom. The van der Waals surface area contributed by atoms with Crippen molar-refractivity contribution < 1.29 is 19.0 Å². The van der Waals surface area contributed by atoms with E-state index in [0.717, 1.165) is 62.5 Å². The quantitative estimate of drug-likeness (QED) is 0.716. The normalized spacial score (nSPS) is 19.0. The van der Waals surface area contributed by atoms with Crippen LogP contribution in [0, 0.1) is 0 Å². The van der Waals surface area contributed by atoms with Gasteiger partial charge in [0.1, 0.15) is 12.2 Å². The number of anilines is 1. The third-order valence-electron chi connectivity index (χ3n) is 4.80. The number of unbranched alkanes of at least 4 members (excludes halogenated alkanes) is 2. The summed E-state index contributed by atoms with van der Waals surface area (Å²) in [5.41, 5.74) is 0.646. The number of ether oxygens (including phenoxy) is 3. The zero-order chi connectivity index (χ0) is 20.0. The number of carbonyl (C=O) groups is 1. The second-order valence-electron chi connectivity index (χ2n) is 8.44. The van der Waals surface area contributed by atoms with Crippen LogP contribution in [0.5, 0.6) is 5.75 Å². The van der Waals surface area contributed by atoms with Crippen LogP contribution >= 0.6 is 0 Å². The van der Waals surface area contributed by atoms with Crippen molar-refractivity contribution in [2.24, 2.45) is 0 Å². The van der Waals surface area contributed by atoms with Gasteiger partial charge in [-0.05, 0) is 58.6 Å². The number of aromatic nitrogens is 1. The van der Waals surface area contributed by atoms with Gasteiger partial charge in [0, 0.05) is 18.8 Å². The molecule has 0 radical (unpaired) electrons. The third-order valence-corrected chi connectivity index (χ3v) is 4.80. The fourth-order valence-electron chi connectivity index (χ4n) is 3.39. The van der Waals surface area contributed by atoms with E-state index in [-0.39, 0.29) is 12.2 Å². The monoisotopic (exact) mass is 391 g/mol. The molecule has 2 aliphatic heterocycles. The lowest BCUT2D eigenvalue weighted by atomic mass is 10.1. The fourth-order valence-corrected chi connectivity index (χ4v) is 3.39. The molecule has 2 aliphatic rings. The molecule has 0 saturated carbocycles. The van der Waals surface area contributed by atoms with Gasteiger partial charge < -0.3 is 24.4 Å². The Bertz CT molecular complexity index is 660. The van der Waals surface area contributed by atoms with E-state index in [9.17, 15) is 4.79 Å². The van der Waals surface area contributed by atoms with Crippen LogP contribution in [0.4, 0.5) is 10.6 Å². The fraction of sp³-hybridized carbons (Fsp3) is 0.714. The number of rotatable bonds is 7. The van der Waals surface area contributed by atoms with Crippen LogP contribution in [0.25, 0.3) is 0 Å². The lowest BCUT2D eigenvalue weighted by Gasteiger charge is -2.24. The van der Waals surface area contributed by atoms with Crippen molar-refractivity contribution in [3.05, 3.63) is 17.8 Å². The Hall–Kier alpha value is -2.02. The molecule has 1 aromatic heterocycles. The molecule has 1 aromatic rings. The molecule has 0 aromatic carbocycles.